The number of likely N-dealkylation sites (tertiary alicyclic amines) is 2. The molecule has 0 radical (unpaired) electrons. The van der Waals surface area contributed by atoms with E-state index in [1.807, 2.05) is 25.7 Å². The van der Waals surface area contributed by atoms with Crippen LogP contribution in [-0.4, -0.2) is 58.8 Å². The Morgan fingerprint density at radius 2 is 1.90 bits per heavy atom. The van der Waals surface area contributed by atoms with Gasteiger partial charge in [-0.25, -0.2) is 9.18 Å². The lowest BCUT2D eigenvalue weighted by molar-refractivity contribution is -0.0347. The Balaban J connectivity index is 1.27. The van der Waals surface area contributed by atoms with E-state index < -0.39 is 5.60 Å². The van der Waals surface area contributed by atoms with Crippen LogP contribution < -0.4 is 0 Å². The fourth-order valence-electron chi connectivity index (χ4n) is 5.43. The van der Waals surface area contributed by atoms with Gasteiger partial charge in [-0.3, -0.25) is 0 Å². The molecule has 2 saturated heterocycles. The number of carbonyl (C=O) groups excluding carboxylic acids is 1. The third-order valence-electron chi connectivity index (χ3n) is 6.86. The third-order valence-corrected chi connectivity index (χ3v) is 6.86. The van der Waals surface area contributed by atoms with Gasteiger partial charge >= 0.3 is 6.09 Å². The molecule has 6 heteroatoms. The second-order valence-electron chi connectivity index (χ2n) is 10.2. The minimum absolute atomic E-state index is 0.0833. The average molecular weight is 405 g/mol. The number of rotatable bonds is 2. The topological polar surface area (TPSA) is 53.0 Å². The molecule has 1 atom stereocenters. The van der Waals surface area contributed by atoms with Crippen molar-refractivity contribution >= 4 is 6.09 Å². The van der Waals surface area contributed by atoms with Crippen molar-refractivity contribution in [1.82, 2.24) is 9.80 Å². The van der Waals surface area contributed by atoms with Crippen LogP contribution >= 0.6 is 0 Å². The van der Waals surface area contributed by atoms with E-state index in [4.69, 9.17) is 4.74 Å². The number of ether oxygens (including phenoxy) is 1. The second kappa shape index (κ2) is 7.46. The summed E-state index contributed by atoms with van der Waals surface area (Å²) < 4.78 is 18.7. The summed E-state index contributed by atoms with van der Waals surface area (Å²) >= 11 is 0. The van der Waals surface area contributed by atoms with E-state index >= 15 is 0 Å². The van der Waals surface area contributed by atoms with Crippen LogP contribution in [0.4, 0.5) is 9.18 Å². The first-order valence-electron chi connectivity index (χ1n) is 10.8. The van der Waals surface area contributed by atoms with E-state index in [9.17, 15) is 14.3 Å². The van der Waals surface area contributed by atoms with Gasteiger partial charge in [-0.15, -0.1) is 0 Å². The van der Waals surface area contributed by atoms with Gasteiger partial charge in [0.25, 0.3) is 0 Å². The van der Waals surface area contributed by atoms with Gasteiger partial charge in [0, 0.05) is 30.6 Å². The first-order chi connectivity index (χ1) is 13.6. The Hall–Kier alpha value is -1.82. The Labute approximate surface area is 172 Å². The normalized spacial score (nSPS) is 25.2. The molecule has 5 nitrogen and oxygen atoms in total. The van der Waals surface area contributed by atoms with Crippen LogP contribution in [0.2, 0.25) is 0 Å². The van der Waals surface area contributed by atoms with Crippen LogP contribution in [0.15, 0.2) is 18.2 Å². The maximum Gasteiger partial charge on any atom is 0.410 e. The first-order valence-corrected chi connectivity index (χ1v) is 10.8. The fraction of sp³-hybridized carbons (Fsp3) is 0.696. The number of carbonyl (C=O) groups is 1. The highest BCUT2D eigenvalue weighted by Gasteiger charge is 2.51. The molecule has 1 aromatic carbocycles. The lowest BCUT2D eigenvalue weighted by Crippen LogP contribution is -2.58. The van der Waals surface area contributed by atoms with Gasteiger partial charge in [0.1, 0.15) is 17.2 Å². The van der Waals surface area contributed by atoms with Gasteiger partial charge in [0.2, 0.25) is 0 Å². The van der Waals surface area contributed by atoms with Gasteiger partial charge in [-0.05, 0) is 83.5 Å². The number of hydrogen-bond donors (Lipinski definition) is 1. The van der Waals surface area contributed by atoms with E-state index in [-0.39, 0.29) is 23.1 Å². The van der Waals surface area contributed by atoms with Crippen molar-refractivity contribution in [2.24, 2.45) is 5.41 Å². The minimum atomic E-state index is -0.443. The fourth-order valence-corrected chi connectivity index (χ4v) is 5.43. The predicted octanol–water partition coefficient (Wildman–Crippen LogP) is 4.50. The van der Waals surface area contributed by atoms with Gasteiger partial charge in [-0.1, -0.05) is 6.07 Å². The van der Waals surface area contributed by atoms with Gasteiger partial charge in [0.05, 0.1) is 0 Å². The molecule has 2 aliphatic heterocycles. The number of nitrogens with zero attached hydrogens (tertiary/aromatic N) is 2. The Bertz CT molecular complexity index is 762. The SMILES string of the molecule is CC(C)(C)OC(=O)N1CC2(CCC(N3CCC(c4ccc(F)cc4O)CC3)C2)C1. The zero-order valence-corrected chi connectivity index (χ0v) is 17.8. The van der Waals surface area contributed by atoms with E-state index in [1.54, 1.807) is 6.07 Å². The number of phenols is 1. The van der Waals surface area contributed by atoms with Crippen LogP contribution in [-0.2, 0) is 4.74 Å². The highest BCUT2D eigenvalue weighted by Crippen LogP contribution is 2.48. The summed E-state index contributed by atoms with van der Waals surface area (Å²) in [6.07, 6.45) is 5.31. The van der Waals surface area contributed by atoms with Gasteiger partial charge in [-0.2, -0.15) is 0 Å². The Morgan fingerprint density at radius 1 is 1.21 bits per heavy atom. The van der Waals surface area contributed by atoms with Crippen molar-refractivity contribution in [1.29, 1.82) is 0 Å². The third kappa shape index (κ3) is 4.37. The standard InChI is InChI=1S/C23H33FN2O3/c1-22(2,3)29-21(28)26-14-23(15-26)9-6-18(13-23)25-10-7-16(8-11-25)19-5-4-17(24)12-20(19)27/h4-5,12,16,18,27H,6-11,13-15H2,1-3H3. The van der Waals surface area contributed by atoms with Gasteiger partial charge in [0.15, 0.2) is 0 Å². The predicted molar refractivity (Wildman–Crippen MR) is 109 cm³/mol. The minimum Gasteiger partial charge on any atom is -0.508 e. The molecule has 3 aliphatic rings. The van der Waals surface area contributed by atoms with Crippen LogP contribution in [0, 0.1) is 11.2 Å². The van der Waals surface area contributed by atoms with Crippen molar-refractivity contribution < 1.29 is 19.0 Å². The highest BCUT2D eigenvalue weighted by molar-refractivity contribution is 5.69. The molecule has 1 spiro atoms. The monoisotopic (exact) mass is 404 g/mol. The molecule has 0 bridgehead atoms. The Morgan fingerprint density at radius 3 is 2.52 bits per heavy atom. The number of aromatic hydroxyl groups is 1. The summed E-state index contributed by atoms with van der Waals surface area (Å²) in [6, 6.07) is 4.97. The molecule has 3 fully saturated rings. The largest absolute Gasteiger partial charge is 0.508 e. The molecule has 29 heavy (non-hydrogen) atoms. The molecule has 2 heterocycles. The number of phenolic OH excluding ortho intramolecular Hbond substituents is 1. The zero-order chi connectivity index (χ0) is 20.8. The molecule has 1 aromatic rings. The molecule has 4 rings (SSSR count). The maximum atomic E-state index is 13.3. The lowest BCUT2D eigenvalue weighted by atomic mass is 9.78. The van der Waals surface area contributed by atoms with Crippen molar-refractivity contribution in [3.8, 4) is 5.75 Å². The molecule has 0 aromatic heterocycles. The number of hydrogen-bond acceptors (Lipinski definition) is 4. The molecule has 1 unspecified atom stereocenters. The first kappa shape index (κ1) is 20.5. The van der Waals surface area contributed by atoms with Crippen molar-refractivity contribution in [3.63, 3.8) is 0 Å². The average Bonchev–Trinajstić information content (AvgIpc) is 3.05. The molecule has 160 valence electrons. The lowest BCUT2D eigenvalue weighted by Gasteiger charge is -2.48. The van der Waals surface area contributed by atoms with Crippen LogP contribution in [0.1, 0.15) is 64.4 Å². The number of piperidine rings is 1. The highest BCUT2D eigenvalue weighted by atomic mass is 19.1. The van der Waals surface area contributed by atoms with Crippen molar-refractivity contribution in [2.75, 3.05) is 26.2 Å². The Kier molecular flexibility index (Phi) is 5.26. The zero-order valence-electron chi connectivity index (χ0n) is 17.8. The quantitative estimate of drug-likeness (QED) is 0.789. The summed E-state index contributed by atoms with van der Waals surface area (Å²) in [4.78, 5) is 16.7. The molecular weight excluding hydrogens is 371 g/mol. The van der Waals surface area contributed by atoms with E-state index in [2.05, 4.69) is 4.90 Å². The molecular formula is C23H33FN2O3. The summed E-state index contributed by atoms with van der Waals surface area (Å²) in [5, 5.41) is 10.1. The van der Waals surface area contributed by atoms with Crippen LogP contribution in [0.25, 0.3) is 0 Å². The van der Waals surface area contributed by atoms with Crippen LogP contribution in [0.3, 0.4) is 0 Å². The van der Waals surface area contributed by atoms with E-state index in [1.165, 1.54) is 25.0 Å². The van der Waals surface area contributed by atoms with E-state index in [0.29, 0.717) is 12.0 Å². The second-order valence-corrected chi connectivity index (χ2v) is 10.2. The smallest absolute Gasteiger partial charge is 0.410 e. The molecule has 1 amide bonds. The summed E-state index contributed by atoms with van der Waals surface area (Å²) in [5.41, 5.74) is 0.704. The van der Waals surface area contributed by atoms with Crippen molar-refractivity contribution in [3.05, 3.63) is 29.6 Å². The van der Waals surface area contributed by atoms with E-state index in [0.717, 1.165) is 51.0 Å². The summed E-state index contributed by atoms with van der Waals surface area (Å²) in [6.45, 7) is 9.37. The summed E-state index contributed by atoms with van der Waals surface area (Å²) in [7, 11) is 0. The number of benzene rings is 1. The van der Waals surface area contributed by atoms with Crippen molar-refractivity contribution in [2.45, 2.75) is 70.4 Å². The molecule has 1 saturated carbocycles. The summed E-state index contributed by atoms with van der Waals surface area (Å²) in [5.74, 6) is -0.00517. The molecule has 1 aliphatic carbocycles. The maximum absolute atomic E-state index is 13.3. The number of halogens is 1. The van der Waals surface area contributed by atoms with Crippen LogP contribution in [0.5, 0.6) is 5.75 Å². The van der Waals surface area contributed by atoms with Gasteiger partial charge < -0.3 is 19.6 Å². The number of amides is 1. The molecule has 1 N–H and O–H groups in total.